The predicted octanol–water partition coefficient (Wildman–Crippen LogP) is 2.28. The van der Waals surface area contributed by atoms with Crippen LogP contribution in [-0.2, 0) is 0 Å². The van der Waals surface area contributed by atoms with E-state index in [0.717, 1.165) is 18.2 Å². The van der Waals surface area contributed by atoms with Crippen molar-refractivity contribution in [1.29, 1.82) is 0 Å². The van der Waals surface area contributed by atoms with Crippen molar-refractivity contribution in [3.63, 3.8) is 0 Å². The fraction of sp³-hybridized carbons (Fsp3) is 0.400. The minimum Gasteiger partial charge on any atom is -0.388 e. The summed E-state index contributed by atoms with van der Waals surface area (Å²) in [6.45, 7) is 0. The lowest BCUT2D eigenvalue weighted by Crippen LogP contribution is -2.38. The van der Waals surface area contributed by atoms with Gasteiger partial charge < -0.3 is 10.8 Å². The first-order valence-electron chi connectivity index (χ1n) is 4.67. The van der Waals surface area contributed by atoms with Gasteiger partial charge in [-0.2, -0.15) is 13.2 Å². The standard InChI is InChI=1S/C10H10F5NO/c11-5-2-1-3-6(12)9(5)7(17)4-8(16)10(13,14)15/h1-3,7-8,17H,4,16H2/t7-,8+/m1/s1. The minimum absolute atomic E-state index is 0.799. The summed E-state index contributed by atoms with van der Waals surface area (Å²) in [7, 11) is 0. The van der Waals surface area contributed by atoms with E-state index in [4.69, 9.17) is 5.73 Å². The van der Waals surface area contributed by atoms with Crippen LogP contribution >= 0.6 is 0 Å². The van der Waals surface area contributed by atoms with Crippen molar-refractivity contribution in [2.24, 2.45) is 5.73 Å². The Kier molecular flexibility index (Phi) is 4.05. The van der Waals surface area contributed by atoms with Crippen LogP contribution in [0.25, 0.3) is 0 Å². The van der Waals surface area contributed by atoms with E-state index in [1.54, 1.807) is 0 Å². The maximum Gasteiger partial charge on any atom is 0.403 e. The second-order valence-electron chi connectivity index (χ2n) is 3.53. The van der Waals surface area contributed by atoms with Gasteiger partial charge in [0.25, 0.3) is 0 Å². The number of hydrogen-bond acceptors (Lipinski definition) is 2. The lowest BCUT2D eigenvalue weighted by atomic mass is 10.0. The summed E-state index contributed by atoms with van der Waals surface area (Å²) in [6, 6.07) is 0.406. The van der Waals surface area contributed by atoms with Crippen LogP contribution in [0, 0.1) is 11.6 Å². The van der Waals surface area contributed by atoms with Gasteiger partial charge in [0.05, 0.1) is 11.7 Å². The molecule has 0 radical (unpaired) electrons. The average Bonchev–Trinajstić information content (AvgIpc) is 2.15. The smallest absolute Gasteiger partial charge is 0.388 e. The average molecular weight is 255 g/mol. The fourth-order valence-electron chi connectivity index (χ4n) is 1.32. The zero-order chi connectivity index (χ0) is 13.2. The van der Waals surface area contributed by atoms with Gasteiger partial charge in [-0.3, -0.25) is 0 Å². The molecule has 0 saturated carbocycles. The Morgan fingerprint density at radius 2 is 1.65 bits per heavy atom. The van der Waals surface area contributed by atoms with Gasteiger partial charge in [0, 0.05) is 6.42 Å². The number of benzene rings is 1. The van der Waals surface area contributed by atoms with Gasteiger partial charge in [-0.05, 0) is 12.1 Å². The SMILES string of the molecule is N[C@@H](C[C@@H](O)c1c(F)cccc1F)C(F)(F)F. The topological polar surface area (TPSA) is 46.2 Å². The Labute approximate surface area is 93.9 Å². The van der Waals surface area contributed by atoms with Crippen LogP contribution in [0.2, 0.25) is 0 Å². The number of alkyl halides is 3. The first-order chi connectivity index (χ1) is 7.73. The molecule has 0 amide bonds. The zero-order valence-corrected chi connectivity index (χ0v) is 8.51. The molecule has 1 aromatic carbocycles. The monoisotopic (exact) mass is 255 g/mol. The molecular formula is C10H10F5NO. The third kappa shape index (κ3) is 3.37. The minimum atomic E-state index is -4.72. The zero-order valence-electron chi connectivity index (χ0n) is 8.51. The van der Waals surface area contributed by atoms with Crippen LogP contribution < -0.4 is 5.73 Å². The quantitative estimate of drug-likeness (QED) is 0.814. The Morgan fingerprint density at radius 1 is 1.18 bits per heavy atom. The number of aliphatic hydroxyl groups is 1. The second kappa shape index (κ2) is 4.97. The van der Waals surface area contributed by atoms with Crippen molar-refractivity contribution in [3.8, 4) is 0 Å². The van der Waals surface area contributed by atoms with Crippen molar-refractivity contribution in [2.75, 3.05) is 0 Å². The van der Waals surface area contributed by atoms with Gasteiger partial charge in [-0.15, -0.1) is 0 Å². The number of halogens is 5. The highest BCUT2D eigenvalue weighted by Gasteiger charge is 2.38. The van der Waals surface area contributed by atoms with E-state index in [0.29, 0.717) is 0 Å². The first-order valence-corrected chi connectivity index (χ1v) is 4.67. The van der Waals surface area contributed by atoms with Crippen LogP contribution in [-0.4, -0.2) is 17.3 Å². The number of hydrogen-bond donors (Lipinski definition) is 2. The van der Waals surface area contributed by atoms with E-state index in [-0.39, 0.29) is 0 Å². The summed E-state index contributed by atoms with van der Waals surface area (Å²) in [5, 5.41) is 9.36. The van der Waals surface area contributed by atoms with E-state index < -0.39 is 41.9 Å². The van der Waals surface area contributed by atoms with Crippen LogP contribution in [0.5, 0.6) is 0 Å². The predicted molar refractivity (Wildman–Crippen MR) is 50.0 cm³/mol. The van der Waals surface area contributed by atoms with Crippen molar-refractivity contribution in [2.45, 2.75) is 24.7 Å². The van der Waals surface area contributed by atoms with Crippen LogP contribution in [0.3, 0.4) is 0 Å². The van der Waals surface area contributed by atoms with Crippen LogP contribution in [0.1, 0.15) is 18.1 Å². The Balaban J connectivity index is 2.87. The summed E-state index contributed by atoms with van der Waals surface area (Å²) in [5.41, 5.74) is 3.96. The summed E-state index contributed by atoms with van der Waals surface area (Å²) < 4.78 is 62.6. The fourth-order valence-corrected chi connectivity index (χ4v) is 1.32. The maximum absolute atomic E-state index is 13.1. The normalized spacial score (nSPS) is 15.7. The maximum atomic E-state index is 13.1. The van der Waals surface area contributed by atoms with E-state index >= 15 is 0 Å². The molecule has 0 aliphatic rings. The highest BCUT2D eigenvalue weighted by Crippen LogP contribution is 2.29. The van der Waals surface area contributed by atoms with Crippen molar-refractivity contribution >= 4 is 0 Å². The summed E-state index contributed by atoms with van der Waals surface area (Å²) in [4.78, 5) is 0. The highest BCUT2D eigenvalue weighted by molar-refractivity contribution is 5.22. The van der Waals surface area contributed by atoms with Gasteiger partial charge in [0.1, 0.15) is 17.7 Å². The van der Waals surface area contributed by atoms with Gasteiger partial charge >= 0.3 is 6.18 Å². The molecule has 17 heavy (non-hydrogen) atoms. The molecule has 96 valence electrons. The van der Waals surface area contributed by atoms with Crippen molar-refractivity contribution in [1.82, 2.24) is 0 Å². The third-order valence-electron chi connectivity index (χ3n) is 2.23. The molecule has 3 N–H and O–H groups in total. The number of aliphatic hydroxyl groups excluding tert-OH is 1. The second-order valence-corrected chi connectivity index (χ2v) is 3.53. The van der Waals surface area contributed by atoms with Gasteiger partial charge in [-0.25, -0.2) is 8.78 Å². The van der Waals surface area contributed by atoms with Gasteiger partial charge in [0.15, 0.2) is 0 Å². The molecule has 0 bridgehead atoms. The molecule has 0 unspecified atom stereocenters. The van der Waals surface area contributed by atoms with Crippen molar-refractivity contribution in [3.05, 3.63) is 35.4 Å². The molecule has 2 atom stereocenters. The summed E-state index contributed by atoms with van der Waals surface area (Å²) in [6.07, 6.45) is -7.66. The van der Waals surface area contributed by atoms with Crippen LogP contribution in [0.15, 0.2) is 18.2 Å². The largest absolute Gasteiger partial charge is 0.403 e. The van der Waals surface area contributed by atoms with E-state index in [1.807, 2.05) is 0 Å². The highest BCUT2D eigenvalue weighted by atomic mass is 19.4. The molecule has 0 aliphatic heterocycles. The molecule has 2 nitrogen and oxygen atoms in total. The molecule has 1 aromatic rings. The molecular weight excluding hydrogens is 245 g/mol. The lowest BCUT2D eigenvalue weighted by Gasteiger charge is -2.19. The molecule has 0 aromatic heterocycles. The first kappa shape index (κ1) is 13.9. The Hall–Kier alpha value is -1.21. The Bertz CT molecular complexity index is 373. The van der Waals surface area contributed by atoms with Gasteiger partial charge in [0.2, 0.25) is 0 Å². The molecule has 7 heteroatoms. The summed E-state index contributed by atoms with van der Waals surface area (Å²) in [5.74, 6) is -2.21. The number of nitrogens with two attached hydrogens (primary N) is 1. The van der Waals surface area contributed by atoms with E-state index in [2.05, 4.69) is 0 Å². The van der Waals surface area contributed by atoms with E-state index in [1.165, 1.54) is 0 Å². The van der Waals surface area contributed by atoms with E-state index in [9.17, 15) is 27.1 Å². The van der Waals surface area contributed by atoms with Crippen molar-refractivity contribution < 1.29 is 27.1 Å². The molecule has 0 saturated heterocycles. The molecule has 0 aliphatic carbocycles. The molecule has 1 rings (SSSR count). The Morgan fingerprint density at radius 3 is 2.06 bits per heavy atom. The molecule has 0 fully saturated rings. The third-order valence-corrected chi connectivity index (χ3v) is 2.23. The van der Waals surface area contributed by atoms with Crippen LogP contribution in [0.4, 0.5) is 22.0 Å². The number of rotatable bonds is 3. The lowest BCUT2D eigenvalue weighted by molar-refractivity contribution is -0.154. The van der Waals surface area contributed by atoms with Gasteiger partial charge in [-0.1, -0.05) is 6.07 Å². The summed E-state index contributed by atoms with van der Waals surface area (Å²) >= 11 is 0. The molecule has 0 heterocycles. The molecule has 0 spiro atoms.